The third-order valence-electron chi connectivity index (χ3n) is 3.32. The van der Waals surface area contributed by atoms with E-state index in [1.807, 2.05) is 29.6 Å². The van der Waals surface area contributed by atoms with E-state index in [1.165, 1.54) is 0 Å². The zero-order valence-electron chi connectivity index (χ0n) is 10.6. The minimum absolute atomic E-state index is 0.210. The van der Waals surface area contributed by atoms with Crippen LogP contribution in [0, 0.1) is 5.92 Å². The van der Waals surface area contributed by atoms with Crippen LogP contribution in [-0.4, -0.2) is 34.0 Å². The molecule has 2 aromatic rings. The lowest BCUT2D eigenvalue weighted by Gasteiger charge is -2.35. The van der Waals surface area contributed by atoms with Gasteiger partial charge in [0.25, 0.3) is 0 Å². The second-order valence-electron chi connectivity index (χ2n) is 4.88. The van der Waals surface area contributed by atoms with Crippen molar-refractivity contribution in [2.75, 3.05) is 13.1 Å². The van der Waals surface area contributed by atoms with Crippen molar-refractivity contribution >= 4 is 33.2 Å². The Morgan fingerprint density at radius 2 is 2.30 bits per heavy atom. The summed E-state index contributed by atoms with van der Waals surface area (Å²) in [6.45, 7) is 1.98. The molecule has 0 atom stereocenters. The number of carbonyl (C=O) groups is 1. The van der Waals surface area contributed by atoms with Crippen molar-refractivity contribution in [2.45, 2.75) is 6.54 Å². The quantitative estimate of drug-likeness (QED) is 0.918. The maximum Gasteiger partial charge on any atom is 0.309 e. The molecule has 20 heavy (non-hydrogen) atoms. The van der Waals surface area contributed by atoms with E-state index in [-0.39, 0.29) is 5.92 Å². The van der Waals surface area contributed by atoms with E-state index in [9.17, 15) is 4.79 Å². The van der Waals surface area contributed by atoms with Crippen LogP contribution in [0.2, 0.25) is 0 Å². The third-order valence-corrected chi connectivity index (χ3v) is 4.75. The number of rotatable bonds is 4. The van der Waals surface area contributed by atoms with Gasteiger partial charge in [0.15, 0.2) is 0 Å². The SMILES string of the molecule is O=C(O)C1CN(Cc2csc(-c3cccc(Br)c3)n2)C1. The van der Waals surface area contributed by atoms with Crippen molar-refractivity contribution in [3.8, 4) is 10.6 Å². The molecule has 0 radical (unpaired) electrons. The molecule has 0 unspecified atom stereocenters. The van der Waals surface area contributed by atoms with Gasteiger partial charge >= 0.3 is 5.97 Å². The van der Waals surface area contributed by atoms with Gasteiger partial charge in [0.05, 0.1) is 11.6 Å². The molecule has 4 nitrogen and oxygen atoms in total. The summed E-state index contributed by atoms with van der Waals surface area (Å²) in [5.74, 6) is -0.910. The minimum Gasteiger partial charge on any atom is -0.481 e. The molecule has 104 valence electrons. The number of likely N-dealkylation sites (tertiary alicyclic amines) is 1. The fraction of sp³-hybridized carbons (Fsp3) is 0.286. The third kappa shape index (κ3) is 2.92. The van der Waals surface area contributed by atoms with Crippen molar-refractivity contribution in [3.63, 3.8) is 0 Å². The lowest BCUT2D eigenvalue weighted by atomic mass is 10.0. The first-order chi connectivity index (χ1) is 9.61. The molecule has 0 amide bonds. The Bertz CT molecular complexity index is 638. The summed E-state index contributed by atoms with van der Waals surface area (Å²) in [5, 5.41) is 11.9. The maximum atomic E-state index is 10.8. The van der Waals surface area contributed by atoms with Gasteiger partial charge in [-0.1, -0.05) is 28.1 Å². The first-order valence-electron chi connectivity index (χ1n) is 6.27. The molecule has 1 aliphatic rings. The monoisotopic (exact) mass is 352 g/mol. The molecule has 1 N–H and O–H groups in total. The second kappa shape index (κ2) is 5.63. The maximum absolute atomic E-state index is 10.8. The number of aliphatic carboxylic acids is 1. The summed E-state index contributed by atoms with van der Waals surface area (Å²) in [7, 11) is 0. The predicted octanol–water partition coefficient (Wildman–Crippen LogP) is 3.09. The molecule has 1 aromatic heterocycles. The van der Waals surface area contributed by atoms with Gasteiger partial charge in [-0.05, 0) is 12.1 Å². The number of thiazole rings is 1. The molecule has 1 aliphatic heterocycles. The molecule has 0 bridgehead atoms. The van der Waals surface area contributed by atoms with E-state index in [2.05, 4.69) is 25.8 Å². The number of halogens is 1. The van der Waals surface area contributed by atoms with Gasteiger partial charge in [-0.25, -0.2) is 4.98 Å². The summed E-state index contributed by atoms with van der Waals surface area (Å²) in [5.41, 5.74) is 2.11. The Kier molecular flexibility index (Phi) is 3.87. The Balaban J connectivity index is 1.65. The van der Waals surface area contributed by atoms with Crippen LogP contribution in [0.25, 0.3) is 10.6 Å². The highest BCUT2D eigenvalue weighted by Crippen LogP contribution is 2.27. The molecule has 6 heteroatoms. The van der Waals surface area contributed by atoms with E-state index in [0.29, 0.717) is 13.1 Å². The van der Waals surface area contributed by atoms with Crippen LogP contribution in [0.3, 0.4) is 0 Å². The standard InChI is InChI=1S/C14H13BrN2O2S/c15-11-3-1-2-9(4-11)13-16-12(8-20-13)7-17-5-10(6-17)14(18)19/h1-4,8,10H,5-7H2,(H,18,19). The van der Waals surface area contributed by atoms with E-state index in [4.69, 9.17) is 5.11 Å². The number of hydrogen-bond acceptors (Lipinski definition) is 4. The van der Waals surface area contributed by atoms with E-state index in [0.717, 1.165) is 27.3 Å². The highest BCUT2D eigenvalue weighted by Gasteiger charge is 2.32. The summed E-state index contributed by atoms with van der Waals surface area (Å²) in [6.07, 6.45) is 0. The highest BCUT2D eigenvalue weighted by molar-refractivity contribution is 9.10. The molecule has 1 fully saturated rings. The van der Waals surface area contributed by atoms with Gasteiger partial charge in [-0.2, -0.15) is 0 Å². The number of nitrogens with zero attached hydrogens (tertiary/aromatic N) is 2. The number of aromatic nitrogens is 1. The van der Waals surface area contributed by atoms with Gasteiger partial charge in [-0.15, -0.1) is 11.3 Å². The van der Waals surface area contributed by atoms with Crippen molar-refractivity contribution in [1.29, 1.82) is 0 Å². The van der Waals surface area contributed by atoms with Gasteiger partial charge in [0, 0.05) is 35.1 Å². The fourth-order valence-corrected chi connectivity index (χ4v) is 3.43. The largest absolute Gasteiger partial charge is 0.481 e. The second-order valence-corrected chi connectivity index (χ2v) is 6.66. The smallest absolute Gasteiger partial charge is 0.309 e. The van der Waals surface area contributed by atoms with Crippen LogP contribution < -0.4 is 0 Å². The van der Waals surface area contributed by atoms with Crippen molar-refractivity contribution in [3.05, 3.63) is 39.8 Å². The Hall–Kier alpha value is -1.24. The predicted molar refractivity (Wildman–Crippen MR) is 81.7 cm³/mol. The summed E-state index contributed by atoms with van der Waals surface area (Å²) in [6, 6.07) is 8.07. The molecular weight excluding hydrogens is 340 g/mol. The molecule has 1 aromatic carbocycles. The number of benzene rings is 1. The summed E-state index contributed by atoms with van der Waals surface area (Å²) in [4.78, 5) is 17.5. The normalized spacial score (nSPS) is 16.1. The van der Waals surface area contributed by atoms with Crippen molar-refractivity contribution in [1.82, 2.24) is 9.88 Å². The summed E-state index contributed by atoms with van der Waals surface area (Å²) >= 11 is 5.08. The molecule has 3 rings (SSSR count). The molecule has 0 saturated carbocycles. The Morgan fingerprint density at radius 1 is 1.50 bits per heavy atom. The lowest BCUT2D eigenvalue weighted by molar-refractivity contribution is -0.147. The average molecular weight is 353 g/mol. The fourth-order valence-electron chi connectivity index (χ4n) is 2.22. The lowest BCUT2D eigenvalue weighted by Crippen LogP contribution is -2.49. The molecule has 0 spiro atoms. The molecule has 0 aliphatic carbocycles. The summed E-state index contributed by atoms with van der Waals surface area (Å²) < 4.78 is 1.04. The van der Waals surface area contributed by atoms with Gasteiger partial charge in [0.2, 0.25) is 0 Å². The van der Waals surface area contributed by atoms with E-state index in [1.54, 1.807) is 11.3 Å². The molecule has 2 heterocycles. The van der Waals surface area contributed by atoms with Crippen LogP contribution in [0.15, 0.2) is 34.1 Å². The number of hydrogen-bond donors (Lipinski definition) is 1. The minimum atomic E-state index is -0.700. The molecule has 1 saturated heterocycles. The van der Waals surface area contributed by atoms with Crippen LogP contribution in [0.4, 0.5) is 0 Å². The highest BCUT2D eigenvalue weighted by atomic mass is 79.9. The van der Waals surface area contributed by atoms with Gasteiger partial charge in [0.1, 0.15) is 5.01 Å². The van der Waals surface area contributed by atoms with Crippen LogP contribution in [0.5, 0.6) is 0 Å². The van der Waals surface area contributed by atoms with E-state index >= 15 is 0 Å². The first kappa shape index (κ1) is 13.7. The molecular formula is C14H13BrN2O2S. The Morgan fingerprint density at radius 3 is 3.00 bits per heavy atom. The van der Waals surface area contributed by atoms with Crippen molar-refractivity contribution in [2.24, 2.45) is 5.92 Å². The van der Waals surface area contributed by atoms with Gasteiger partial charge in [-0.3, -0.25) is 9.69 Å². The average Bonchev–Trinajstić information content (AvgIpc) is 2.81. The zero-order valence-corrected chi connectivity index (χ0v) is 13.0. The van der Waals surface area contributed by atoms with Crippen LogP contribution in [-0.2, 0) is 11.3 Å². The van der Waals surface area contributed by atoms with Gasteiger partial charge < -0.3 is 5.11 Å². The van der Waals surface area contributed by atoms with E-state index < -0.39 is 5.97 Å². The Labute approximate surface area is 129 Å². The number of carboxylic acid groups (broad SMARTS) is 1. The number of carboxylic acids is 1. The topological polar surface area (TPSA) is 53.4 Å². The first-order valence-corrected chi connectivity index (χ1v) is 7.94. The van der Waals surface area contributed by atoms with Crippen LogP contribution in [0.1, 0.15) is 5.69 Å². The van der Waals surface area contributed by atoms with Crippen molar-refractivity contribution < 1.29 is 9.90 Å². The zero-order chi connectivity index (χ0) is 14.1. The van der Waals surface area contributed by atoms with Crippen LogP contribution >= 0.6 is 27.3 Å².